The van der Waals surface area contributed by atoms with Gasteiger partial charge in [0.25, 0.3) is 0 Å². The van der Waals surface area contributed by atoms with E-state index in [9.17, 15) is 9.59 Å². The number of carbonyl (C=O) groups is 2. The third kappa shape index (κ3) is 5.98. The van der Waals surface area contributed by atoms with Crippen molar-refractivity contribution in [2.45, 2.75) is 95.6 Å². The number of amides is 2. The lowest BCUT2D eigenvalue weighted by atomic mass is 9.63. The molecule has 2 heterocycles. The minimum Gasteiger partial charge on any atom is -0.447 e. The first-order chi connectivity index (χ1) is 18.6. The molecule has 2 aliphatic carbocycles. The first-order valence-electron chi connectivity index (χ1n) is 15.2. The number of nitrogens with zero attached hydrogens (tertiary/aromatic N) is 3. The molecule has 2 aliphatic heterocycles. The molecule has 2 saturated carbocycles. The molecule has 2 saturated heterocycles. The first kappa shape index (κ1) is 28.7. The van der Waals surface area contributed by atoms with Crippen LogP contribution >= 0.6 is 11.6 Å². The van der Waals surface area contributed by atoms with Crippen LogP contribution in [0.2, 0.25) is 5.02 Å². The van der Waals surface area contributed by atoms with Crippen molar-refractivity contribution in [3.05, 3.63) is 34.9 Å². The summed E-state index contributed by atoms with van der Waals surface area (Å²) in [5.74, 6) is 1.16. The van der Waals surface area contributed by atoms with E-state index >= 15 is 0 Å². The summed E-state index contributed by atoms with van der Waals surface area (Å²) in [5.41, 5.74) is 1.02. The van der Waals surface area contributed by atoms with Crippen LogP contribution in [0.1, 0.15) is 89.5 Å². The maximum absolute atomic E-state index is 14.2. The van der Waals surface area contributed by atoms with E-state index < -0.39 is 0 Å². The zero-order valence-electron chi connectivity index (χ0n) is 24.5. The zero-order valence-corrected chi connectivity index (χ0v) is 25.2. The Morgan fingerprint density at radius 3 is 2.28 bits per heavy atom. The van der Waals surface area contributed by atoms with Gasteiger partial charge in [-0.3, -0.25) is 9.69 Å². The van der Waals surface area contributed by atoms with Crippen molar-refractivity contribution in [1.82, 2.24) is 14.7 Å². The third-order valence-corrected chi connectivity index (χ3v) is 10.9. The van der Waals surface area contributed by atoms with Crippen molar-refractivity contribution in [2.75, 3.05) is 40.3 Å². The molecule has 1 aromatic carbocycles. The van der Waals surface area contributed by atoms with Crippen LogP contribution in [-0.4, -0.2) is 78.6 Å². The predicted octanol–water partition coefficient (Wildman–Crippen LogP) is 6.57. The van der Waals surface area contributed by atoms with E-state index in [0.717, 1.165) is 56.8 Å². The number of ether oxygens (including phenoxy) is 1. The zero-order chi connectivity index (χ0) is 27.8. The Hall–Kier alpha value is -1.79. The molecule has 4 aliphatic rings. The quantitative estimate of drug-likeness (QED) is 0.397. The number of halogens is 1. The Kier molecular flexibility index (Phi) is 8.54. The second-order valence-electron chi connectivity index (χ2n) is 13.7. The van der Waals surface area contributed by atoms with Crippen molar-refractivity contribution >= 4 is 23.6 Å². The predicted molar refractivity (Wildman–Crippen MR) is 156 cm³/mol. The Morgan fingerprint density at radius 2 is 1.69 bits per heavy atom. The molecule has 7 heteroatoms. The highest BCUT2D eigenvalue weighted by Gasteiger charge is 2.50. The second-order valence-corrected chi connectivity index (χ2v) is 14.1. The lowest BCUT2D eigenvalue weighted by Gasteiger charge is -2.51. The molecule has 39 heavy (non-hydrogen) atoms. The molecule has 0 radical (unpaired) electrons. The monoisotopic (exact) mass is 557 g/mol. The van der Waals surface area contributed by atoms with Gasteiger partial charge >= 0.3 is 6.09 Å². The van der Waals surface area contributed by atoms with Crippen molar-refractivity contribution in [3.8, 4) is 0 Å². The van der Waals surface area contributed by atoms with Gasteiger partial charge in [-0.2, -0.15) is 0 Å². The average molecular weight is 558 g/mol. The molecule has 0 aromatic heterocycles. The summed E-state index contributed by atoms with van der Waals surface area (Å²) < 4.78 is 5.49. The van der Waals surface area contributed by atoms with Crippen molar-refractivity contribution < 1.29 is 14.3 Å². The Morgan fingerprint density at radius 1 is 1.03 bits per heavy atom. The molecule has 0 N–H and O–H groups in total. The van der Waals surface area contributed by atoms with Crippen molar-refractivity contribution in [2.24, 2.45) is 17.3 Å². The van der Waals surface area contributed by atoms with Crippen LogP contribution in [0.15, 0.2) is 24.3 Å². The summed E-state index contributed by atoms with van der Waals surface area (Å²) in [5, 5.41) is 0.738. The molecule has 0 bridgehead atoms. The average Bonchev–Trinajstić information content (AvgIpc) is 3.20. The molecule has 5 rings (SSSR count). The SMILES string of the molecule is CN(C)C1CCC(C(=O)N2CCC(CN3C(=O)OCC3(C)C)(C3CCCCC3)CC2)C(c2ccc(Cl)cc2)C1. The normalized spacial score (nSPS) is 29.5. The van der Waals surface area contributed by atoms with Crippen LogP contribution in [0.3, 0.4) is 0 Å². The van der Waals surface area contributed by atoms with Gasteiger partial charge in [0.2, 0.25) is 5.91 Å². The fraction of sp³-hybridized carbons (Fsp3) is 0.750. The number of carbonyl (C=O) groups excluding carboxylic acids is 2. The topological polar surface area (TPSA) is 53.1 Å². The summed E-state index contributed by atoms with van der Waals surface area (Å²) in [7, 11) is 4.30. The van der Waals surface area contributed by atoms with Gasteiger partial charge in [0.1, 0.15) is 6.61 Å². The first-order valence-corrected chi connectivity index (χ1v) is 15.6. The minimum absolute atomic E-state index is 0.0112. The summed E-state index contributed by atoms with van der Waals surface area (Å²) in [6, 6.07) is 8.64. The van der Waals surface area contributed by atoms with Crippen LogP contribution in [0.4, 0.5) is 4.79 Å². The van der Waals surface area contributed by atoms with E-state index in [1.54, 1.807) is 0 Å². The number of hydrogen-bond acceptors (Lipinski definition) is 4. The highest BCUT2D eigenvalue weighted by molar-refractivity contribution is 6.30. The van der Waals surface area contributed by atoms with Gasteiger partial charge in [-0.1, -0.05) is 43.0 Å². The number of rotatable bonds is 6. The van der Waals surface area contributed by atoms with E-state index in [0.29, 0.717) is 24.5 Å². The number of piperidine rings is 1. The highest BCUT2D eigenvalue weighted by atomic mass is 35.5. The lowest BCUT2D eigenvalue weighted by molar-refractivity contribution is -0.141. The molecule has 4 fully saturated rings. The number of hydrogen-bond donors (Lipinski definition) is 0. The highest BCUT2D eigenvalue weighted by Crippen LogP contribution is 2.49. The maximum atomic E-state index is 14.2. The summed E-state index contributed by atoms with van der Waals surface area (Å²) in [6.45, 7) is 7.03. The smallest absolute Gasteiger partial charge is 0.410 e. The standard InChI is InChI=1S/C32H48ClN3O3/c1-31(2)22-39-30(38)36(31)21-32(24-8-6-5-7-9-24)16-18-35(19-17-32)29(37)27-15-14-26(34(3)4)20-28(27)23-10-12-25(33)13-11-23/h10-13,24,26-28H,5-9,14-22H2,1-4H3. The molecular weight excluding hydrogens is 510 g/mol. The van der Waals surface area contributed by atoms with Crippen LogP contribution in [-0.2, 0) is 9.53 Å². The molecule has 0 spiro atoms. The fourth-order valence-electron chi connectivity index (χ4n) is 8.04. The fourth-order valence-corrected chi connectivity index (χ4v) is 8.17. The van der Waals surface area contributed by atoms with Gasteiger partial charge in [-0.05, 0) is 108 Å². The summed E-state index contributed by atoms with van der Waals surface area (Å²) in [6.07, 6.45) is 11.1. The van der Waals surface area contributed by atoms with Gasteiger partial charge in [-0.15, -0.1) is 0 Å². The largest absolute Gasteiger partial charge is 0.447 e. The summed E-state index contributed by atoms with van der Waals surface area (Å²) >= 11 is 6.21. The van der Waals surface area contributed by atoms with Gasteiger partial charge in [0, 0.05) is 36.6 Å². The van der Waals surface area contributed by atoms with Gasteiger partial charge < -0.3 is 14.5 Å². The van der Waals surface area contributed by atoms with Crippen LogP contribution in [0, 0.1) is 17.3 Å². The third-order valence-electron chi connectivity index (χ3n) is 10.7. The molecular formula is C32H48ClN3O3. The number of cyclic esters (lactones) is 1. The van der Waals surface area contributed by atoms with Crippen molar-refractivity contribution in [3.63, 3.8) is 0 Å². The van der Waals surface area contributed by atoms with Gasteiger partial charge in [0.15, 0.2) is 0 Å². The Bertz CT molecular complexity index is 1010. The molecule has 3 unspecified atom stereocenters. The molecule has 6 nitrogen and oxygen atoms in total. The minimum atomic E-state index is -0.275. The Labute approximate surface area is 240 Å². The molecule has 1 aromatic rings. The lowest BCUT2D eigenvalue weighted by Crippen LogP contribution is -2.56. The number of benzene rings is 1. The molecule has 3 atom stereocenters. The molecule has 216 valence electrons. The summed E-state index contributed by atoms with van der Waals surface area (Å²) in [4.78, 5) is 33.4. The molecule has 2 amide bonds. The van der Waals surface area contributed by atoms with Gasteiger partial charge in [0.05, 0.1) is 5.54 Å². The van der Waals surface area contributed by atoms with E-state index in [1.807, 2.05) is 17.0 Å². The van der Waals surface area contributed by atoms with E-state index in [1.165, 1.54) is 37.7 Å². The maximum Gasteiger partial charge on any atom is 0.410 e. The van der Waals surface area contributed by atoms with Crippen molar-refractivity contribution in [1.29, 1.82) is 0 Å². The Balaban J connectivity index is 1.33. The van der Waals surface area contributed by atoms with Crippen LogP contribution in [0.25, 0.3) is 0 Å². The van der Waals surface area contributed by atoms with E-state index in [4.69, 9.17) is 16.3 Å². The van der Waals surface area contributed by atoms with Gasteiger partial charge in [-0.25, -0.2) is 4.79 Å². The number of likely N-dealkylation sites (tertiary alicyclic amines) is 1. The van der Waals surface area contributed by atoms with Crippen LogP contribution < -0.4 is 0 Å². The van der Waals surface area contributed by atoms with Crippen LogP contribution in [0.5, 0.6) is 0 Å². The van der Waals surface area contributed by atoms with E-state index in [2.05, 4.69) is 49.9 Å². The second kappa shape index (κ2) is 11.6. The van der Waals surface area contributed by atoms with E-state index in [-0.39, 0.29) is 28.9 Å².